The lowest BCUT2D eigenvalue weighted by atomic mass is 10.0. The highest BCUT2D eigenvalue weighted by Crippen LogP contribution is 2.34. The van der Waals surface area contributed by atoms with E-state index >= 15 is 0 Å². The summed E-state index contributed by atoms with van der Waals surface area (Å²) in [4.78, 5) is 26.2. The third kappa shape index (κ3) is 3.32. The maximum atomic E-state index is 12.8. The van der Waals surface area contributed by atoms with E-state index in [1.54, 1.807) is 12.1 Å². The summed E-state index contributed by atoms with van der Waals surface area (Å²) in [7, 11) is 0. The summed E-state index contributed by atoms with van der Waals surface area (Å²) in [5.41, 5.74) is 1.29. The standard InChI is InChI=1S/C19H22N2O5/c1-12(22)25-13-9-14(16-3-2-4-20-16)19-15(10-13)17(23)11-18(26-19)21-5-7-24-8-6-21/h9-11,16,20H,2-8H2,1H3. The Labute approximate surface area is 150 Å². The maximum absolute atomic E-state index is 12.8. The number of ether oxygens (including phenoxy) is 2. The van der Waals surface area contributed by atoms with Crippen molar-refractivity contribution in [2.45, 2.75) is 25.8 Å². The monoisotopic (exact) mass is 358 g/mol. The summed E-state index contributed by atoms with van der Waals surface area (Å²) < 4.78 is 16.8. The second-order valence-corrected chi connectivity index (χ2v) is 6.68. The normalized spacial score (nSPS) is 20.5. The number of hydrogen-bond acceptors (Lipinski definition) is 7. The topological polar surface area (TPSA) is 81.0 Å². The number of fused-ring (bicyclic) bond motifs is 1. The van der Waals surface area contributed by atoms with E-state index in [-0.39, 0.29) is 11.5 Å². The Morgan fingerprint density at radius 3 is 2.77 bits per heavy atom. The quantitative estimate of drug-likeness (QED) is 0.664. The fraction of sp³-hybridized carbons (Fsp3) is 0.474. The zero-order chi connectivity index (χ0) is 18.1. The SMILES string of the molecule is CC(=O)Oc1cc(C2CCCN2)c2oc(N3CCOCC3)cc(=O)c2c1. The summed E-state index contributed by atoms with van der Waals surface area (Å²) in [5, 5.41) is 3.86. The number of anilines is 1. The number of benzene rings is 1. The van der Waals surface area contributed by atoms with Gasteiger partial charge < -0.3 is 24.1 Å². The first-order chi connectivity index (χ1) is 12.6. The van der Waals surface area contributed by atoms with Crippen LogP contribution in [0.5, 0.6) is 5.75 Å². The third-order valence-corrected chi connectivity index (χ3v) is 4.84. The predicted molar refractivity (Wildman–Crippen MR) is 96.8 cm³/mol. The number of hydrogen-bond donors (Lipinski definition) is 1. The summed E-state index contributed by atoms with van der Waals surface area (Å²) in [6.07, 6.45) is 2.00. The van der Waals surface area contributed by atoms with E-state index in [2.05, 4.69) is 5.32 Å². The molecule has 0 bridgehead atoms. The number of nitrogens with one attached hydrogen (secondary N) is 1. The highest BCUT2D eigenvalue weighted by Gasteiger charge is 2.24. The van der Waals surface area contributed by atoms with Gasteiger partial charge in [0.15, 0.2) is 11.3 Å². The Morgan fingerprint density at radius 1 is 1.27 bits per heavy atom. The van der Waals surface area contributed by atoms with Gasteiger partial charge in [-0.2, -0.15) is 0 Å². The number of rotatable bonds is 3. The Hall–Kier alpha value is -2.38. The summed E-state index contributed by atoms with van der Waals surface area (Å²) >= 11 is 0. The average molecular weight is 358 g/mol. The van der Waals surface area contributed by atoms with Crippen LogP contribution in [0.15, 0.2) is 27.4 Å². The van der Waals surface area contributed by atoms with E-state index in [4.69, 9.17) is 13.9 Å². The van der Waals surface area contributed by atoms with Gasteiger partial charge in [-0.3, -0.25) is 9.59 Å². The van der Waals surface area contributed by atoms with E-state index < -0.39 is 5.97 Å². The van der Waals surface area contributed by atoms with Crippen LogP contribution in [-0.2, 0) is 9.53 Å². The van der Waals surface area contributed by atoms with Crippen LogP contribution >= 0.6 is 0 Å². The Morgan fingerprint density at radius 2 is 2.08 bits per heavy atom. The molecule has 26 heavy (non-hydrogen) atoms. The van der Waals surface area contributed by atoms with Gasteiger partial charge >= 0.3 is 5.97 Å². The molecular weight excluding hydrogens is 336 g/mol. The summed E-state index contributed by atoms with van der Waals surface area (Å²) in [5.74, 6) is 0.523. The largest absolute Gasteiger partial charge is 0.440 e. The van der Waals surface area contributed by atoms with Crippen molar-refractivity contribution in [3.63, 3.8) is 0 Å². The molecule has 2 aromatic rings. The number of nitrogens with zero attached hydrogens (tertiary/aromatic N) is 1. The van der Waals surface area contributed by atoms with E-state index in [1.165, 1.54) is 13.0 Å². The molecule has 2 aliphatic heterocycles. The molecule has 1 aromatic carbocycles. The number of carbonyl (C=O) groups excluding carboxylic acids is 1. The lowest BCUT2D eigenvalue weighted by Gasteiger charge is -2.27. The van der Waals surface area contributed by atoms with Crippen LogP contribution in [0.4, 0.5) is 5.88 Å². The molecule has 0 radical (unpaired) electrons. The van der Waals surface area contributed by atoms with Crippen molar-refractivity contribution in [1.29, 1.82) is 0 Å². The smallest absolute Gasteiger partial charge is 0.308 e. The van der Waals surface area contributed by atoms with Crippen molar-refractivity contribution < 1.29 is 18.7 Å². The van der Waals surface area contributed by atoms with Crippen molar-refractivity contribution in [3.05, 3.63) is 34.0 Å². The molecule has 0 saturated carbocycles. The van der Waals surface area contributed by atoms with Crippen molar-refractivity contribution in [2.75, 3.05) is 37.7 Å². The number of esters is 1. The highest BCUT2D eigenvalue weighted by molar-refractivity contribution is 5.84. The van der Waals surface area contributed by atoms with E-state index in [0.717, 1.165) is 24.9 Å². The van der Waals surface area contributed by atoms with E-state index in [9.17, 15) is 9.59 Å². The van der Waals surface area contributed by atoms with Crippen LogP contribution in [0.3, 0.4) is 0 Å². The first-order valence-corrected chi connectivity index (χ1v) is 8.98. The minimum Gasteiger partial charge on any atom is -0.440 e. The molecule has 1 aromatic heterocycles. The summed E-state index contributed by atoms with van der Waals surface area (Å²) in [6.45, 7) is 4.88. The van der Waals surface area contributed by atoms with Gasteiger partial charge in [0.1, 0.15) is 11.3 Å². The van der Waals surface area contributed by atoms with Gasteiger partial charge in [0, 0.05) is 37.7 Å². The Kier molecular flexibility index (Phi) is 4.65. The molecule has 2 fully saturated rings. The first-order valence-electron chi connectivity index (χ1n) is 8.98. The second kappa shape index (κ2) is 7.09. The fourth-order valence-corrected chi connectivity index (χ4v) is 3.62. The van der Waals surface area contributed by atoms with Gasteiger partial charge in [-0.1, -0.05) is 0 Å². The van der Waals surface area contributed by atoms with Crippen LogP contribution in [-0.4, -0.2) is 38.8 Å². The molecule has 4 rings (SSSR count). The molecule has 3 heterocycles. The number of carbonyl (C=O) groups is 1. The molecule has 2 aliphatic rings. The van der Waals surface area contributed by atoms with Gasteiger partial charge in [-0.15, -0.1) is 0 Å². The van der Waals surface area contributed by atoms with Crippen LogP contribution < -0.4 is 20.4 Å². The third-order valence-electron chi connectivity index (χ3n) is 4.84. The van der Waals surface area contributed by atoms with Gasteiger partial charge in [-0.05, 0) is 31.5 Å². The Bertz CT molecular complexity index is 879. The van der Waals surface area contributed by atoms with Crippen LogP contribution in [0.2, 0.25) is 0 Å². The van der Waals surface area contributed by atoms with Gasteiger partial charge in [-0.25, -0.2) is 0 Å². The molecule has 0 amide bonds. The lowest BCUT2D eigenvalue weighted by Crippen LogP contribution is -2.36. The lowest BCUT2D eigenvalue weighted by molar-refractivity contribution is -0.131. The molecule has 7 nitrogen and oxygen atoms in total. The van der Waals surface area contributed by atoms with Gasteiger partial charge in [0.05, 0.1) is 18.6 Å². The molecule has 0 aliphatic carbocycles. The fourth-order valence-electron chi connectivity index (χ4n) is 3.62. The molecule has 138 valence electrons. The van der Waals surface area contributed by atoms with E-state index in [1.807, 2.05) is 4.90 Å². The van der Waals surface area contributed by atoms with Gasteiger partial charge in [0.2, 0.25) is 0 Å². The van der Waals surface area contributed by atoms with Crippen LogP contribution in [0.1, 0.15) is 31.4 Å². The zero-order valence-corrected chi connectivity index (χ0v) is 14.7. The Balaban J connectivity index is 1.86. The average Bonchev–Trinajstić information content (AvgIpc) is 3.16. The van der Waals surface area contributed by atoms with Crippen molar-refractivity contribution in [1.82, 2.24) is 5.32 Å². The number of morpholine rings is 1. The van der Waals surface area contributed by atoms with Crippen molar-refractivity contribution in [2.24, 2.45) is 0 Å². The van der Waals surface area contributed by atoms with Gasteiger partial charge in [0.25, 0.3) is 0 Å². The zero-order valence-electron chi connectivity index (χ0n) is 14.7. The minimum atomic E-state index is -0.413. The molecule has 1 atom stereocenters. The molecular formula is C19H22N2O5. The van der Waals surface area contributed by atoms with Crippen molar-refractivity contribution in [3.8, 4) is 5.75 Å². The summed E-state index contributed by atoms with van der Waals surface area (Å²) in [6, 6.07) is 4.98. The van der Waals surface area contributed by atoms with Crippen molar-refractivity contribution >= 4 is 22.8 Å². The molecule has 7 heteroatoms. The maximum Gasteiger partial charge on any atom is 0.308 e. The first kappa shape index (κ1) is 17.1. The minimum absolute atomic E-state index is 0.0797. The molecule has 0 spiro atoms. The molecule has 1 N–H and O–H groups in total. The highest BCUT2D eigenvalue weighted by atomic mass is 16.5. The molecule has 2 saturated heterocycles. The predicted octanol–water partition coefficient (Wildman–Crippen LogP) is 1.98. The molecule has 1 unspecified atom stereocenters. The van der Waals surface area contributed by atoms with E-state index in [0.29, 0.717) is 48.9 Å². The van der Waals surface area contributed by atoms with Crippen LogP contribution in [0.25, 0.3) is 11.0 Å². The second-order valence-electron chi connectivity index (χ2n) is 6.68. The van der Waals surface area contributed by atoms with Crippen LogP contribution in [0, 0.1) is 0 Å².